The Labute approximate surface area is 181 Å². The minimum absolute atomic E-state index is 0.0427. The number of alkyl halides is 3. The number of hydrogen-bond donors (Lipinski definition) is 3. The summed E-state index contributed by atoms with van der Waals surface area (Å²) in [5.74, 6) is -1.17. The number of benzene rings is 2. The quantitative estimate of drug-likeness (QED) is 0.281. The second kappa shape index (κ2) is 8.14. The van der Waals surface area contributed by atoms with E-state index in [-0.39, 0.29) is 28.8 Å². The molecule has 11 nitrogen and oxygen atoms in total. The number of ether oxygens (including phenoxy) is 1. The average Bonchev–Trinajstić information content (AvgIpc) is 3.12. The van der Waals surface area contributed by atoms with Crippen LogP contribution in [0, 0.1) is 10.1 Å². The summed E-state index contributed by atoms with van der Waals surface area (Å²) in [5, 5.41) is 16.7. The van der Waals surface area contributed by atoms with Crippen molar-refractivity contribution in [2.75, 3.05) is 17.7 Å². The van der Waals surface area contributed by atoms with E-state index in [1.54, 1.807) is 0 Å². The fraction of sp³-hybridized carbons (Fsp3) is 0.105. The van der Waals surface area contributed by atoms with Crippen LogP contribution in [0.3, 0.4) is 0 Å². The van der Waals surface area contributed by atoms with Crippen molar-refractivity contribution < 1.29 is 27.2 Å². The van der Waals surface area contributed by atoms with Crippen LogP contribution in [0.15, 0.2) is 51.8 Å². The largest absolute Gasteiger partial charge is 0.497 e. The lowest BCUT2D eigenvalue weighted by molar-refractivity contribution is -0.384. The lowest BCUT2D eigenvalue weighted by atomic mass is 10.2. The van der Waals surface area contributed by atoms with E-state index in [2.05, 4.69) is 25.6 Å². The molecule has 14 heteroatoms. The number of fused-ring (bicyclic) bond motifs is 1. The summed E-state index contributed by atoms with van der Waals surface area (Å²) < 4.78 is 49.3. The molecule has 4 aromatic rings. The molecule has 0 aliphatic rings. The fourth-order valence-electron chi connectivity index (χ4n) is 2.91. The molecule has 0 radical (unpaired) electrons. The monoisotopic (exact) mass is 462 g/mol. The molecule has 0 saturated heterocycles. The third-order valence-corrected chi connectivity index (χ3v) is 4.37. The molecule has 33 heavy (non-hydrogen) atoms. The van der Waals surface area contributed by atoms with Gasteiger partial charge in [-0.3, -0.25) is 15.1 Å². The third-order valence-electron chi connectivity index (χ3n) is 4.37. The minimum Gasteiger partial charge on any atom is -0.497 e. The SMILES string of the molecule is COc1cc(Nc2ncc([N+](=O)[O-])c(Nc3ccc4oc(=O)[nH]c4c3)n2)cc(C(F)(F)F)c1. The number of methoxy groups -OCH3 is 1. The number of halogens is 3. The number of H-pyrrole nitrogens is 1. The molecule has 0 saturated carbocycles. The van der Waals surface area contributed by atoms with Gasteiger partial charge < -0.3 is 19.8 Å². The Kier molecular flexibility index (Phi) is 5.33. The molecular formula is C19H13F3N6O5. The summed E-state index contributed by atoms with van der Waals surface area (Å²) in [4.78, 5) is 32.3. The third kappa shape index (κ3) is 4.68. The maximum absolute atomic E-state index is 13.2. The van der Waals surface area contributed by atoms with Gasteiger partial charge in [-0.2, -0.15) is 18.2 Å². The Morgan fingerprint density at radius 3 is 2.64 bits per heavy atom. The molecule has 2 aromatic carbocycles. The van der Waals surface area contributed by atoms with Crippen molar-refractivity contribution in [2.45, 2.75) is 6.18 Å². The Morgan fingerprint density at radius 2 is 1.94 bits per heavy atom. The van der Waals surface area contributed by atoms with Crippen molar-refractivity contribution in [1.82, 2.24) is 15.0 Å². The normalized spacial score (nSPS) is 11.4. The van der Waals surface area contributed by atoms with Gasteiger partial charge in [-0.25, -0.2) is 9.78 Å². The summed E-state index contributed by atoms with van der Waals surface area (Å²) in [5.41, 5.74) is -0.540. The molecule has 170 valence electrons. The van der Waals surface area contributed by atoms with Crippen molar-refractivity contribution in [1.29, 1.82) is 0 Å². The number of nitrogens with zero attached hydrogens (tertiary/aromatic N) is 3. The Morgan fingerprint density at radius 1 is 1.15 bits per heavy atom. The standard InChI is InChI=1S/C19H13F3N6O5/c1-32-12-5-9(19(20,21)22)4-11(6-12)25-17-23-8-14(28(30)31)16(27-17)24-10-2-3-15-13(7-10)26-18(29)33-15/h2-8H,1H3,(H,26,29)(H2,23,24,25,27). The summed E-state index contributed by atoms with van der Waals surface area (Å²) >= 11 is 0. The molecule has 2 heterocycles. The molecular weight excluding hydrogens is 449 g/mol. The Balaban J connectivity index is 1.69. The zero-order chi connectivity index (χ0) is 23.8. The fourth-order valence-corrected chi connectivity index (χ4v) is 2.91. The van der Waals surface area contributed by atoms with Crippen LogP contribution >= 0.6 is 0 Å². The van der Waals surface area contributed by atoms with Crippen molar-refractivity contribution in [2.24, 2.45) is 0 Å². The minimum atomic E-state index is -4.62. The smallest absolute Gasteiger partial charge is 0.417 e. The first-order chi connectivity index (χ1) is 15.6. The highest BCUT2D eigenvalue weighted by atomic mass is 19.4. The predicted octanol–water partition coefficient (Wildman–Crippen LogP) is 4.33. The second-order valence-electron chi connectivity index (χ2n) is 6.61. The number of anilines is 4. The van der Waals surface area contributed by atoms with Crippen LogP contribution in [0.2, 0.25) is 0 Å². The topological polar surface area (TPSA) is 148 Å². The van der Waals surface area contributed by atoms with Crippen molar-refractivity contribution in [3.05, 3.63) is 68.8 Å². The van der Waals surface area contributed by atoms with Crippen LogP contribution < -0.4 is 21.1 Å². The molecule has 0 aliphatic carbocycles. The summed E-state index contributed by atoms with van der Waals surface area (Å²) in [6, 6.07) is 7.37. The van der Waals surface area contributed by atoms with E-state index < -0.39 is 28.1 Å². The van der Waals surface area contributed by atoms with Gasteiger partial charge in [-0.05, 0) is 30.3 Å². The highest BCUT2D eigenvalue weighted by Gasteiger charge is 2.31. The first-order valence-corrected chi connectivity index (χ1v) is 9.07. The van der Waals surface area contributed by atoms with Crippen LogP contribution in [-0.4, -0.2) is 27.0 Å². The number of aromatic nitrogens is 3. The molecule has 3 N–H and O–H groups in total. The molecule has 0 atom stereocenters. The molecule has 0 amide bonds. The maximum Gasteiger partial charge on any atom is 0.417 e. The van der Waals surface area contributed by atoms with E-state index in [0.717, 1.165) is 18.3 Å². The number of nitro groups is 1. The van der Waals surface area contributed by atoms with Crippen LogP contribution in [0.25, 0.3) is 11.1 Å². The summed E-state index contributed by atoms with van der Waals surface area (Å²) in [6.45, 7) is 0. The molecule has 2 aromatic heterocycles. The maximum atomic E-state index is 13.2. The molecule has 0 aliphatic heterocycles. The van der Waals surface area contributed by atoms with E-state index in [1.165, 1.54) is 31.4 Å². The second-order valence-corrected chi connectivity index (χ2v) is 6.61. The van der Waals surface area contributed by atoms with Crippen LogP contribution in [0.4, 0.5) is 42.0 Å². The molecule has 0 spiro atoms. The molecule has 0 fully saturated rings. The predicted molar refractivity (Wildman–Crippen MR) is 110 cm³/mol. The number of rotatable bonds is 6. The highest BCUT2D eigenvalue weighted by Crippen LogP contribution is 2.35. The van der Waals surface area contributed by atoms with Crippen LogP contribution in [0.1, 0.15) is 5.56 Å². The van der Waals surface area contributed by atoms with Gasteiger partial charge in [0.25, 0.3) is 0 Å². The van der Waals surface area contributed by atoms with Gasteiger partial charge in [0.2, 0.25) is 11.8 Å². The van der Waals surface area contributed by atoms with Crippen LogP contribution in [0.5, 0.6) is 5.75 Å². The van der Waals surface area contributed by atoms with Gasteiger partial charge in [0.1, 0.15) is 11.9 Å². The van der Waals surface area contributed by atoms with E-state index >= 15 is 0 Å². The van der Waals surface area contributed by atoms with Crippen LogP contribution in [-0.2, 0) is 6.18 Å². The molecule has 0 unspecified atom stereocenters. The lowest BCUT2D eigenvalue weighted by Gasteiger charge is -2.13. The van der Waals surface area contributed by atoms with Gasteiger partial charge >= 0.3 is 17.6 Å². The lowest BCUT2D eigenvalue weighted by Crippen LogP contribution is -2.08. The zero-order valence-electron chi connectivity index (χ0n) is 16.6. The van der Waals surface area contributed by atoms with E-state index in [9.17, 15) is 28.1 Å². The Bertz CT molecular complexity index is 1420. The number of aromatic amines is 1. The van der Waals surface area contributed by atoms with E-state index in [1.807, 2.05) is 0 Å². The van der Waals surface area contributed by atoms with Gasteiger partial charge in [0, 0.05) is 17.4 Å². The number of hydrogen-bond acceptors (Lipinski definition) is 9. The molecule has 0 bridgehead atoms. The summed E-state index contributed by atoms with van der Waals surface area (Å²) in [7, 11) is 1.22. The van der Waals surface area contributed by atoms with Gasteiger partial charge in [0.05, 0.1) is 23.1 Å². The van der Waals surface area contributed by atoms with Crippen molar-refractivity contribution in [3.63, 3.8) is 0 Å². The summed E-state index contributed by atoms with van der Waals surface area (Å²) in [6.07, 6.45) is -3.72. The highest BCUT2D eigenvalue weighted by molar-refractivity contribution is 5.79. The van der Waals surface area contributed by atoms with Crippen molar-refractivity contribution >= 4 is 39.9 Å². The Hall–Kier alpha value is -4.62. The van der Waals surface area contributed by atoms with E-state index in [0.29, 0.717) is 11.2 Å². The zero-order valence-corrected chi connectivity index (χ0v) is 16.6. The number of oxazole rings is 1. The first-order valence-electron chi connectivity index (χ1n) is 9.07. The average molecular weight is 462 g/mol. The van der Waals surface area contributed by atoms with E-state index in [4.69, 9.17) is 9.15 Å². The van der Waals surface area contributed by atoms with Crippen molar-refractivity contribution in [3.8, 4) is 5.75 Å². The molecule has 4 rings (SSSR count). The van der Waals surface area contributed by atoms with Gasteiger partial charge in [-0.15, -0.1) is 0 Å². The first kappa shape index (κ1) is 21.6. The number of nitrogens with one attached hydrogen (secondary N) is 3. The van der Waals surface area contributed by atoms with Gasteiger partial charge in [-0.1, -0.05) is 0 Å². The van der Waals surface area contributed by atoms with Gasteiger partial charge in [0.15, 0.2) is 5.58 Å².